The lowest BCUT2D eigenvalue weighted by Gasteiger charge is -2.42. The molecule has 2 fully saturated rings. The summed E-state index contributed by atoms with van der Waals surface area (Å²) < 4.78 is 20.0. The molecular formula is C33H29FN2O6. The Balaban J connectivity index is 1.27. The van der Waals surface area contributed by atoms with E-state index < -0.39 is 35.2 Å². The van der Waals surface area contributed by atoms with Crippen molar-refractivity contribution < 1.29 is 33.4 Å². The van der Waals surface area contributed by atoms with Crippen LogP contribution in [0.25, 0.3) is 0 Å². The first-order valence-corrected chi connectivity index (χ1v) is 14.2. The molecule has 0 spiro atoms. The van der Waals surface area contributed by atoms with Crippen molar-refractivity contribution in [3.8, 4) is 5.75 Å². The number of Topliss-reactive ketones (excluding diaryl/α,β-unsaturated/α-hetero) is 1. The number of ether oxygens (including phenoxy) is 1. The third kappa shape index (κ3) is 3.98. The molecule has 2 saturated heterocycles. The second kappa shape index (κ2) is 9.87. The molecular weight excluding hydrogens is 539 g/mol. The van der Waals surface area contributed by atoms with Crippen molar-refractivity contribution in [3.05, 3.63) is 88.3 Å². The molecule has 214 valence electrons. The number of anilines is 2. The molecule has 0 saturated carbocycles. The molecule has 1 N–H and O–H groups in total. The molecule has 0 aromatic heterocycles. The van der Waals surface area contributed by atoms with E-state index >= 15 is 0 Å². The quantitative estimate of drug-likeness (QED) is 0.339. The molecule has 2 aliphatic heterocycles. The Labute approximate surface area is 241 Å². The molecule has 4 atom stereocenters. The van der Waals surface area contributed by atoms with Gasteiger partial charge in [-0.05, 0) is 73.7 Å². The number of nitrogens with zero attached hydrogens (tertiary/aromatic N) is 2. The number of morpholine rings is 1. The summed E-state index contributed by atoms with van der Waals surface area (Å²) in [5, 5.41) is 9.83. The number of aromatic hydroxyl groups is 1. The Kier molecular flexibility index (Phi) is 6.23. The van der Waals surface area contributed by atoms with Crippen molar-refractivity contribution in [2.75, 3.05) is 36.1 Å². The first-order chi connectivity index (χ1) is 20.2. The minimum absolute atomic E-state index is 0.149. The number of amides is 2. The molecule has 3 aliphatic carbocycles. The zero-order chi connectivity index (χ0) is 29.3. The van der Waals surface area contributed by atoms with Crippen molar-refractivity contribution in [2.45, 2.75) is 25.7 Å². The first kappa shape index (κ1) is 26.5. The summed E-state index contributed by atoms with van der Waals surface area (Å²) in [4.78, 5) is 57.9. The van der Waals surface area contributed by atoms with Crippen molar-refractivity contribution in [1.82, 2.24) is 0 Å². The SMILES string of the molecule is CC1=CC(=O)C2=C(C1=O)C(c1ccc(O)c(F)c1)C1=CCC3C(=O)N(c4ccc(N5CCOCC5)cc4)C(=O)C3C1C2. The van der Waals surface area contributed by atoms with Gasteiger partial charge in [0.25, 0.3) is 0 Å². The van der Waals surface area contributed by atoms with Crippen LogP contribution in [0.3, 0.4) is 0 Å². The average molecular weight is 569 g/mol. The van der Waals surface area contributed by atoms with Crippen LogP contribution in [-0.4, -0.2) is 54.8 Å². The number of hydrogen-bond donors (Lipinski definition) is 1. The largest absolute Gasteiger partial charge is 0.505 e. The zero-order valence-electron chi connectivity index (χ0n) is 23.0. The number of carbonyl (C=O) groups excluding carboxylic acids is 4. The van der Waals surface area contributed by atoms with Gasteiger partial charge >= 0.3 is 0 Å². The number of allylic oxidation sites excluding steroid dienone is 6. The number of carbonyl (C=O) groups is 4. The van der Waals surface area contributed by atoms with Gasteiger partial charge in [-0.25, -0.2) is 4.39 Å². The van der Waals surface area contributed by atoms with Gasteiger partial charge in [0.05, 0.1) is 30.7 Å². The molecule has 42 heavy (non-hydrogen) atoms. The number of rotatable bonds is 3. The number of hydrogen-bond acceptors (Lipinski definition) is 7. The summed E-state index contributed by atoms with van der Waals surface area (Å²) in [7, 11) is 0. The smallest absolute Gasteiger partial charge is 0.238 e. The van der Waals surface area contributed by atoms with E-state index in [1.165, 1.54) is 23.1 Å². The van der Waals surface area contributed by atoms with Gasteiger partial charge in [-0.3, -0.25) is 24.1 Å². The van der Waals surface area contributed by atoms with Gasteiger partial charge in [-0.2, -0.15) is 0 Å². The first-order valence-electron chi connectivity index (χ1n) is 14.2. The topological polar surface area (TPSA) is 104 Å². The maximum Gasteiger partial charge on any atom is 0.238 e. The highest BCUT2D eigenvalue weighted by atomic mass is 19.1. The van der Waals surface area contributed by atoms with Gasteiger partial charge in [-0.1, -0.05) is 17.7 Å². The molecule has 2 aromatic rings. The highest BCUT2D eigenvalue weighted by molar-refractivity contribution is 6.25. The third-order valence-electron chi connectivity index (χ3n) is 9.35. The van der Waals surface area contributed by atoms with Crippen molar-refractivity contribution in [1.29, 1.82) is 0 Å². The third-order valence-corrected chi connectivity index (χ3v) is 9.35. The maximum absolute atomic E-state index is 14.6. The van der Waals surface area contributed by atoms with E-state index in [0.29, 0.717) is 47.6 Å². The van der Waals surface area contributed by atoms with Crippen molar-refractivity contribution in [2.24, 2.45) is 17.8 Å². The van der Waals surface area contributed by atoms with Crippen LogP contribution in [0.5, 0.6) is 5.75 Å². The van der Waals surface area contributed by atoms with Crippen LogP contribution in [0, 0.1) is 23.6 Å². The lowest BCUT2D eigenvalue weighted by Crippen LogP contribution is -2.39. The maximum atomic E-state index is 14.6. The molecule has 9 heteroatoms. The standard InChI is InChI=1S/C33H29FN2O6/c1-17-14-27(38)24-16-23-21(28(30(24)31(17)39)18-2-9-26(37)25(34)15-18)7-8-22-29(23)33(41)36(32(22)40)20-5-3-19(4-6-20)35-10-12-42-13-11-35/h2-7,9,14-15,22-23,28-29,37H,8,10-13,16H2,1H3. The lowest BCUT2D eigenvalue weighted by molar-refractivity contribution is -0.123. The normalized spacial score (nSPS) is 27.5. The van der Waals surface area contributed by atoms with Crippen LogP contribution in [0.2, 0.25) is 0 Å². The number of halogens is 1. The van der Waals surface area contributed by atoms with E-state index in [4.69, 9.17) is 4.74 Å². The average Bonchev–Trinajstić information content (AvgIpc) is 3.26. The monoisotopic (exact) mass is 568 g/mol. The Morgan fingerprint density at radius 2 is 1.64 bits per heavy atom. The molecule has 0 bridgehead atoms. The van der Waals surface area contributed by atoms with Crippen LogP contribution in [-0.2, 0) is 23.9 Å². The second-order valence-electron chi connectivity index (χ2n) is 11.6. The molecule has 8 nitrogen and oxygen atoms in total. The number of fused-ring (bicyclic) bond motifs is 3. The van der Waals surface area contributed by atoms with E-state index in [1.807, 2.05) is 18.2 Å². The minimum atomic E-state index is -0.841. The highest BCUT2D eigenvalue weighted by Crippen LogP contribution is 2.55. The Morgan fingerprint density at radius 3 is 2.36 bits per heavy atom. The summed E-state index contributed by atoms with van der Waals surface area (Å²) in [6.45, 7) is 4.40. The Hall–Kier alpha value is -4.37. The van der Waals surface area contributed by atoms with E-state index in [9.17, 15) is 28.7 Å². The van der Waals surface area contributed by atoms with Gasteiger partial charge in [-0.15, -0.1) is 0 Å². The Morgan fingerprint density at radius 1 is 0.929 bits per heavy atom. The summed E-state index contributed by atoms with van der Waals surface area (Å²) in [6, 6.07) is 11.3. The van der Waals surface area contributed by atoms with E-state index in [-0.39, 0.29) is 29.8 Å². The van der Waals surface area contributed by atoms with Crippen LogP contribution >= 0.6 is 0 Å². The fourth-order valence-corrected chi connectivity index (χ4v) is 7.33. The summed E-state index contributed by atoms with van der Waals surface area (Å²) in [5.41, 5.74) is 3.53. The summed E-state index contributed by atoms with van der Waals surface area (Å²) in [6.07, 6.45) is 3.65. The number of phenols is 1. The van der Waals surface area contributed by atoms with Crippen LogP contribution in [0.1, 0.15) is 31.2 Å². The lowest BCUT2D eigenvalue weighted by atomic mass is 9.59. The number of imide groups is 1. The van der Waals surface area contributed by atoms with E-state index in [2.05, 4.69) is 4.90 Å². The number of phenolic OH excluding ortho intramolecular Hbond substituents is 1. The molecule has 2 amide bonds. The highest BCUT2D eigenvalue weighted by Gasteiger charge is 2.56. The van der Waals surface area contributed by atoms with Gasteiger partial charge in [0.15, 0.2) is 23.1 Å². The zero-order valence-corrected chi connectivity index (χ0v) is 23.0. The van der Waals surface area contributed by atoms with Crippen LogP contribution in [0.15, 0.2) is 76.9 Å². The molecule has 2 heterocycles. The molecule has 5 aliphatic rings. The summed E-state index contributed by atoms with van der Waals surface area (Å²) in [5.74, 6) is -5.17. The second-order valence-corrected chi connectivity index (χ2v) is 11.6. The van der Waals surface area contributed by atoms with Gasteiger partial charge in [0.2, 0.25) is 11.8 Å². The fraction of sp³-hybridized carbons (Fsp3) is 0.333. The van der Waals surface area contributed by atoms with Crippen molar-refractivity contribution in [3.63, 3.8) is 0 Å². The van der Waals surface area contributed by atoms with Gasteiger partial charge in [0, 0.05) is 41.4 Å². The van der Waals surface area contributed by atoms with Gasteiger partial charge < -0.3 is 14.7 Å². The van der Waals surface area contributed by atoms with E-state index in [0.717, 1.165) is 24.4 Å². The predicted molar refractivity (Wildman–Crippen MR) is 151 cm³/mol. The van der Waals surface area contributed by atoms with Crippen LogP contribution in [0.4, 0.5) is 15.8 Å². The predicted octanol–water partition coefficient (Wildman–Crippen LogP) is 4.00. The van der Waals surface area contributed by atoms with Crippen molar-refractivity contribution >= 4 is 34.8 Å². The molecule has 2 aromatic carbocycles. The molecule has 4 unspecified atom stereocenters. The Bertz CT molecular complexity index is 1650. The molecule has 7 rings (SSSR count). The number of benzene rings is 2. The van der Waals surface area contributed by atoms with Gasteiger partial charge in [0.1, 0.15) is 0 Å². The number of ketones is 2. The summed E-state index contributed by atoms with van der Waals surface area (Å²) >= 11 is 0. The van der Waals surface area contributed by atoms with E-state index in [1.54, 1.807) is 25.1 Å². The molecule has 0 radical (unpaired) electrons. The fourth-order valence-electron chi connectivity index (χ4n) is 7.33. The minimum Gasteiger partial charge on any atom is -0.505 e. The van der Waals surface area contributed by atoms with Crippen LogP contribution < -0.4 is 9.80 Å².